The molecule has 1 atom stereocenters. The summed E-state index contributed by atoms with van der Waals surface area (Å²) >= 11 is 0. The second kappa shape index (κ2) is 5.45. The Morgan fingerprint density at radius 3 is 2.79 bits per heavy atom. The highest BCUT2D eigenvalue weighted by molar-refractivity contribution is 5.37. The Morgan fingerprint density at radius 2 is 2.11 bits per heavy atom. The fraction of sp³-hybridized carbons (Fsp3) is 0.733. The molecule has 1 aromatic heterocycles. The van der Waals surface area contributed by atoms with Crippen LogP contribution in [0.5, 0.6) is 0 Å². The summed E-state index contributed by atoms with van der Waals surface area (Å²) in [5, 5.41) is 0. The number of rotatable bonds is 3. The summed E-state index contributed by atoms with van der Waals surface area (Å²) in [4.78, 5) is 11.8. The van der Waals surface area contributed by atoms with Crippen LogP contribution in [0.2, 0.25) is 0 Å². The first-order valence-electron chi connectivity index (χ1n) is 7.62. The largest absolute Gasteiger partial charge is 0.341 e. The number of fused-ring (bicyclic) bond motifs is 1. The number of aryl methyl sites for hydroxylation is 1. The summed E-state index contributed by atoms with van der Waals surface area (Å²) in [6.45, 7) is 5.18. The Balaban J connectivity index is 1.76. The van der Waals surface area contributed by atoms with Gasteiger partial charge >= 0.3 is 0 Å². The van der Waals surface area contributed by atoms with E-state index in [2.05, 4.69) is 23.0 Å². The van der Waals surface area contributed by atoms with Crippen molar-refractivity contribution < 1.29 is 0 Å². The van der Waals surface area contributed by atoms with Gasteiger partial charge in [-0.3, -0.25) is 0 Å². The molecule has 104 valence electrons. The summed E-state index contributed by atoms with van der Waals surface area (Å²) in [7, 11) is 0. The normalized spacial score (nSPS) is 23.7. The second-order valence-electron chi connectivity index (χ2n) is 5.89. The first-order chi connectivity index (χ1) is 9.31. The van der Waals surface area contributed by atoms with Gasteiger partial charge in [-0.15, -0.1) is 0 Å². The standard InChI is InChI=1S/C15H24N4/c1-2-12-3-4-13-10-17-15(18-14(12)13)19-7-5-11(9-16)6-8-19/h10-12H,2-9,16H2,1H3. The van der Waals surface area contributed by atoms with Crippen LogP contribution in [0.4, 0.5) is 5.95 Å². The van der Waals surface area contributed by atoms with Crippen molar-refractivity contribution in [3.8, 4) is 0 Å². The van der Waals surface area contributed by atoms with Crippen LogP contribution < -0.4 is 10.6 Å². The molecule has 1 aliphatic heterocycles. The lowest BCUT2D eigenvalue weighted by molar-refractivity contribution is 0.411. The highest BCUT2D eigenvalue weighted by Gasteiger charge is 2.26. The molecule has 0 spiro atoms. The average molecular weight is 260 g/mol. The molecule has 2 N–H and O–H groups in total. The Bertz CT molecular complexity index is 438. The van der Waals surface area contributed by atoms with Gasteiger partial charge in [-0.05, 0) is 50.1 Å². The zero-order valence-corrected chi connectivity index (χ0v) is 11.8. The molecule has 1 fully saturated rings. The first-order valence-corrected chi connectivity index (χ1v) is 7.62. The summed E-state index contributed by atoms with van der Waals surface area (Å²) in [6.07, 6.45) is 8.01. The van der Waals surface area contributed by atoms with Gasteiger partial charge in [0, 0.05) is 25.2 Å². The molecular formula is C15H24N4. The minimum Gasteiger partial charge on any atom is -0.341 e. The molecule has 2 aliphatic rings. The summed E-state index contributed by atoms with van der Waals surface area (Å²) < 4.78 is 0. The second-order valence-corrected chi connectivity index (χ2v) is 5.89. The van der Waals surface area contributed by atoms with Gasteiger partial charge in [0.1, 0.15) is 0 Å². The van der Waals surface area contributed by atoms with Crippen molar-refractivity contribution in [2.24, 2.45) is 11.7 Å². The number of piperidine rings is 1. The van der Waals surface area contributed by atoms with Crippen LogP contribution in [0.25, 0.3) is 0 Å². The fourth-order valence-corrected chi connectivity index (χ4v) is 3.34. The van der Waals surface area contributed by atoms with E-state index in [-0.39, 0.29) is 0 Å². The van der Waals surface area contributed by atoms with Crippen molar-refractivity contribution in [1.29, 1.82) is 0 Å². The molecule has 3 rings (SSSR count). The Morgan fingerprint density at radius 1 is 1.32 bits per heavy atom. The third-order valence-electron chi connectivity index (χ3n) is 4.76. The van der Waals surface area contributed by atoms with Crippen molar-refractivity contribution in [3.05, 3.63) is 17.5 Å². The molecule has 0 amide bonds. The third-order valence-corrected chi connectivity index (χ3v) is 4.76. The zero-order chi connectivity index (χ0) is 13.2. The molecule has 2 heterocycles. The Kier molecular flexibility index (Phi) is 3.69. The van der Waals surface area contributed by atoms with Crippen LogP contribution in [0, 0.1) is 5.92 Å². The van der Waals surface area contributed by atoms with Crippen molar-refractivity contribution >= 4 is 5.95 Å². The van der Waals surface area contributed by atoms with E-state index in [9.17, 15) is 0 Å². The zero-order valence-electron chi connectivity index (χ0n) is 11.8. The molecule has 1 aliphatic carbocycles. The molecule has 1 unspecified atom stereocenters. The van der Waals surface area contributed by atoms with E-state index >= 15 is 0 Å². The minimum absolute atomic E-state index is 0.651. The van der Waals surface area contributed by atoms with Crippen molar-refractivity contribution in [3.63, 3.8) is 0 Å². The Hall–Kier alpha value is -1.16. The lowest BCUT2D eigenvalue weighted by atomic mass is 9.97. The van der Waals surface area contributed by atoms with Gasteiger partial charge in [-0.2, -0.15) is 0 Å². The van der Waals surface area contributed by atoms with Gasteiger partial charge in [0.15, 0.2) is 0 Å². The SMILES string of the molecule is CCC1CCc2cnc(N3CCC(CN)CC3)nc21. The van der Waals surface area contributed by atoms with Crippen molar-refractivity contribution in [2.75, 3.05) is 24.5 Å². The molecule has 0 saturated carbocycles. The van der Waals surface area contributed by atoms with Crippen LogP contribution in [-0.4, -0.2) is 29.6 Å². The predicted molar refractivity (Wildman–Crippen MR) is 77.4 cm³/mol. The van der Waals surface area contributed by atoms with E-state index in [4.69, 9.17) is 10.7 Å². The van der Waals surface area contributed by atoms with Gasteiger partial charge in [0.2, 0.25) is 5.95 Å². The van der Waals surface area contributed by atoms with Crippen LogP contribution in [0.3, 0.4) is 0 Å². The molecular weight excluding hydrogens is 236 g/mol. The maximum atomic E-state index is 5.75. The van der Waals surface area contributed by atoms with Crippen LogP contribution >= 0.6 is 0 Å². The van der Waals surface area contributed by atoms with E-state index in [1.54, 1.807) is 0 Å². The van der Waals surface area contributed by atoms with Crippen molar-refractivity contribution in [1.82, 2.24) is 9.97 Å². The smallest absolute Gasteiger partial charge is 0.225 e. The van der Waals surface area contributed by atoms with Gasteiger partial charge in [-0.1, -0.05) is 6.92 Å². The minimum atomic E-state index is 0.651. The highest BCUT2D eigenvalue weighted by Crippen LogP contribution is 2.34. The quantitative estimate of drug-likeness (QED) is 0.904. The van der Waals surface area contributed by atoms with Gasteiger partial charge in [-0.25, -0.2) is 9.97 Å². The Labute approximate surface area is 115 Å². The van der Waals surface area contributed by atoms with Gasteiger partial charge in [0.05, 0.1) is 5.69 Å². The van der Waals surface area contributed by atoms with E-state index in [1.807, 2.05) is 0 Å². The summed E-state index contributed by atoms with van der Waals surface area (Å²) in [5.74, 6) is 2.28. The van der Waals surface area contributed by atoms with E-state index < -0.39 is 0 Å². The van der Waals surface area contributed by atoms with Gasteiger partial charge in [0.25, 0.3) is 0 Å². The first kappa shape index (κ1) is 12.9. The molecule has 0 bridgehead atoms. The van der Waals surface area contributed by atoms with Crippen molar-refractivity contribution in [2.45, 2.75) is 44.9 Å². The molecule has 0 radical (unpaired) electrons. The van der Waals surface area contributed by atoms with Gasteiger partial charge < -0.3 is 10.6 Å². The lowest BCUT2D eigenvalue weighted by Crippen LogP contribution is -2.37. The molecule has 1 saturated heterocycles. The van der Waals surface area contributed by atoms with E-state index in [0.717, 1.165) is 32.0 Å². The number of anilines is 1. The lowest BCUT2D eigenvalue weighted by Gasteiger charge is -2.31. The monoisotopic (exact) mass is 260 g/mol. The molecule has 4 heteroatoms. The molecule has 19 heavy (non-hydrogen) atoms. The van der Waals surface area contributed by atoms with Crippen LogP contribution in [0.15, 0.2) is 6.20 Å². The summed E-state index contributed by atoms with van der Waals surface area (Å²) in [6, 6.07) is 0. The summed E-state index contributed by atoms with van der Waals surface area (Å²) in [5.41, 5.74) is 8.43. The predicted octanol–water partition coefficient (Wildman–Crippen LogP) is 2.09. The number of hydrogen-bond donors (Lipinski definition) is 1. The number of nitrogens with two attached hydrogens (primary N) is 1. The van der Waals surface area contributed by atoms with E-state index in [1.165, 1.54) is 36.9 Å². The number of hydrogen-bond acceptors (Lipinski definition) is 4. The number of aromatic nitrogens is 2. The highest BCUT2D eigenvalue weighted by atomic mass is 15.3. The maximum Gasteiger partial charge on any atom is 0.225 e. The van der Waals surface area contributed by atoms with E-state index in [0.29, 0.717) is 11.8 Å². The third kappa shape index (κ3) is 2.46. The number of nitrogens with zero attached hydrogens (tertiary/aromatic N) is 3. The maximum absolute atomic E-state index is 5.75. The van der Waals surface area contributed by atoms with Crippen LogP contribution in [0.1, 0.15) is 49.8 Å². The molecule has 0 aromatic carbocycles. The fourth-order valence-electron chi connectivity index (χ4n) is 3.34. The topological polar surface area (TPSA) is 55.0 Å². The average Bonchev–Trinajstić information content (AvgIpc) is 2.89. The molecule has 4 nitrogen and oxygen atoms in total. The molecule has 1 aromatic rings. The van der Waals surface area contributed by atoms with Crippen LogP contribution in [-0.2, 0) is 6.42 Å².